The van der Waals surface area contributed by atoms with E-state index in [0.29, 0.717) is 5.69 Å². The summed E-state index contributed by atoms with van der Waals surface area (Å²) in [6, 6.07) is 13.2. The molecule has 0 aliphatic carbocycles. The van der Waals surface area contributed by atoms with E-state index < -0.39 is 15.9 Å². The Balaban J connectivity index is 2.37. The summed E-state index contributed by atoms with van der Waals surface area (Å²) in [6.07, 6.45) is 0. The molecule has 1 amide bonds. The zero-order valence-electron chi connectivity index (χ0n) is 10.2. The first-order valence-corrected chi connectivity index (χ1v) is 7.91. The van der Waals surface area contributed by atoms with Crippen LogP contribution in [-0.2, 0) is 10.0 Å². The van der Waals surface area contributed by atoms with Crippen LogP contribution < -0.4 is 10.5 Å². The molecule has 2 aromatic carbocycles. The molecule has 0 spiro atoms. The normalized spacial score (nSPS) is 11.1. The number of primary sulfonamides is 1. The van der Waals surface area contributed by atoms with Gasteiger partial charge in [0.1, 0.15) is 0 Å². The van der Waals surface area contributed by atoms with Crippen molar-refractivity contribution in [1.82, 2.24) is 0 Å². The number of carbonyl (C=O) groups is 1. The smallest absolute Gasteiger partial charge is 0.256 e. The van der Waals surface area contributed by atoms with E-state index in [1.54, 1.807) is 24.3 Å². The Morgan fingerprint density at radius 1 is 1.05 bits per heavy atom. The van der Waals surface area contributed by atoms with Gasteiger partial charge in [-0.3, -0.25) is 4.79 Å². The van der Waals surface area contributed by atoms with E-state index in [1.807, 2.05) is 6.07 Å². The molecular weight excluding hydrogens is 344 g/mol. The van der Waals surface area contributed by atoms with E-state index in [4.69, 9.17) is 5.14 Å². The quantitative estimate of drug-likeness (QED) is 0.886. The van der Waals surface area contributed by atoms with Crippen molar-refractivity contribution in [2.24, 2.45) is 5.14 Å². The lowest BCUT2D eigenvalue weighted by Crippen LogP contribution is -2.17. The third-order valence-corrected chi connectivity index (χ3v) is 4.62. The van der Waals surface area contributed by atoms with Gasteiger partial charge >= 0.3 is 0 Å². The Bertz CT molecular complexity index is 745. The van der Waals surface area contributed by atoms with Gasteiger partial charge in [-0.25, -0.2) is 13.6 Å². The van der Waals surface area contributed by atoms with E-state index >= 15 is 0 Å². The lowest BCUT2D eigenvalue weighted by molar-refractivity contribution is 0.102. The molecule has 0 atom stereocenters. The van der Waals surface area contributed by atoms with Crippen molar-refractivity contribution in [3.05, 3.63) is 58.6 Å². The van der Waals surface area contributed by atoms with Gasteiger partial charge in [-0.1, -0.05) is 24.3 Å². The average molecular weight is 355 g/mol. The van der Waals surface area contributed by atoms with Crippen molar-refractivity contribution in [3.8, 4) is 0 Å². The second-order valence-electron chi connectivity index (χ2n) is 3.98. The van der Waals surface area contributed by atoms with Crippen LogP contribution in [0.4, 0.5) is 5.69 Å². The summed E-state index contributed by atoms with van der Waals surface area (Å²) < 4.78 is 23.0. The number of para-hydroxylation sites is 1. The van der Waals surface area contributed by atoms with Crippen LogP contribution in [0.15, 0.2) is 57.9 Å². The Kier molecular flexibility index (Phi) is 4.22. The van der Waals surface area contributed by atoms with E-state index in [0.717, 1.165) is 0 Å². The van der Waals surface area contributed by atoms with Crippen molar-refractivity contribution in [2.75, 3.05) is 5.32 Å². The fourth-order valence-electron chi connectivity index (χ4n) is 1.63. The molecule has 2 rings (SSSR count). The van der Waals surface area contributed by atoms with Gasteiger partial charge in [0.2, 0.25) is 10.0 Å². The van der Waals surface area contributed by atoms with Crippen LogP contribution in [0.2, 0.25) is 0 Å². The van der Waals surface area contributed by atoms with Crippen molar-refractivity contribution >= 4 is 37.5 Å². The molecule has 0 heterocycles. The Morgan fingerprint density at radius 2 is 1.70 bits per heavy atom. The van der Waals surface area contributed by atoms with Crippen LogP contribution in [0.5, 0.6) is 0 Å². The summed E-state index contributed by atoms with van der Waals surface area (Å²) in [5.41, 5.74) is 0.811. The van der Waals surface area contributed by atoms with Gasteiger partial charge in [-0.15, -0.1) is 0 Å². The highest BCUT2D eigenvalue weighted by atomic mass is 79.9. The van der Waals surface area contributed by atoms with Gasteiger partial charge in [-0.2, -0.15) is 0 Å². The van der Waals surface area contributed by atoms with Gasteiger partial charge in [-0.05, 0) is 40.2 Å². The predicted octanol–water partition coefficient (Wildman–Crippen LogP) is 2.35. The molecule has 7 heteroatoms. The minimum Gasteiger partial charge on any atom is -0.322 e. The third kappa shape index (κ3) is 3.24. The fourth-order valence-corrected chi connectivity index (χ4v) is 3.38. The zero-order valence-corrected chi connectivity index (χ0v) is 12.6. The van der Waals surface area contributed by atoms with Crippen molar-refractivity contribution in [1.29, 1.82) is 0 Å². The van der Waals surface area contributed by atoms with Gasteiger partial charge in [0, 0.05) is 5.69 Å². The third-order valence-electron chi connectivity index (χ3n) is 2.55. The molecule has 0 saturated heterocycles. The van der Waals surface area contributed by atoms with Crippen molar-refractivity contribution in [2.45, 2.75) is 4.90 Å². The number of amides is 1. The molecule has 0 fully saturated rings. The molecule has 0 aliphatic rings. The number of nitrogens with two attached hydrogens (primary N) is 1. The number of hydrogen-bond acceptors (Lipinski definition) is 3. The highest BCUT2D eigenvalue weighted by Crippen LogP contribution is 2.25. The minimum atomic E-state index is -3.89. The number of hydrogen-bond donors (Lipinski definition) is 2. The van der Waals surface area contributed by atoms with Gasteiger partial charge in [0.05, 0.1) is 14.9 Å². The molecule has 104 valence electrons. The molecule has 3 N–H and O–H groups in total. The van der Waals surface area contributed by atoms with E-state index in [-0.39, 0.29) is 14.9 Å². The van der Waals surface area contributed by atoms with Crippen molar-refractivity contribution in [3.63, 3.8) is 0 Å². The first kappa shape index (κ1) is 14.7. The minimum absolute atomic E-state index is 0.127. The number of halogens is 1. The highest BCUT2D eigenvalue weighted by molar-refractivity contribution is 9.10. The number of benzene rings is 2. The molecule has 0 aliphatic heterocycles. The van der Waals surface area contributed by atoms with E-state index in [9.17, 15) is 13.2 Å². The predicted molar refractivity (Wildman–Crippen MR) is 79.9 cm³/mol. The lowest BCUT2D eigenvalue weighted by atomic mass is 10.2. The Labute approximate surface area is 125 Å². The SMILES string of the molecule is NS(=O)(=O)c1cccc(C(=O)Nc2ccccc2)c1Br. The van der Waals surface area contributed by atoms with Gasteiger partial charge in [0.15, 0.2) is 0 Å². The first-order chi connectivity index (χ1) is 9.39. The second kappa shape index (κ2) is 5.74. The first-order valence-electron chi connectivity index (χ1n) is 5.57. The largest absolute Gasteiger partial charge is 0.322 e. The number of sulfonamides is 1. The summed E-state index contributed by atoms with van der Waals surface area (Å²) in [5.74, 6) is -0.423. The Morgan fingerprint density at radius 3 is 2.30 bits per heavy atom. The van der Waals surface area contributed by atoms with Crippen LogP contribution >= 0.6 is 15.9 Å². The van der Waals surface area contributed by atoms with Gasteiger partial charge < -0.3 is 5.32 Å². The van der Waals surface area contributed by atoms with Crippen LogP contribution in [0, 0.1) is 0 Å². The van der Waals surface area contributed by atoms with Crippen LogP contribution in [0.3, 0.4) is 0 Å². The monoisotopic (exact) mass is 354 g/mol. The van der Waals surface area contributed by atoms with Crippen molar-refractivity contribution < 1.29 is 13.2 Å². The topological polar surface area (TPSA) is 89.3 Å². The molecule has 5 nitrogen and oxygen atoms in total. The molecule has 0 bridgehead atoms. The van der Waals surface area contributed by atoms with Gasteiger partial charge in [0.25, 0.3) is 5.91 Å². The summed E-state index contributed by atoms with van der Waals surface area (Å²) >= 11 is 3.11. The molecule has 0 saturated carbocycles. The molecule has 0 aromatic heterocycles. The second-order valence-corrected chi connectivity index (χ2v) is 6.31. The maximum absolute atomic E-state index is 12.1. The van der Waals surface area contributed by atoms with Crippen LogP contribution in [-0.4, -0.2) is 14.3 Å². The Hall–Kier alpha value is -1.70. The molecule has 20 heavy (non-hydrogen) atoms. The number of nitrogens with one attached hydrogen (secondary N) is 1. The molecule has 0 radical (unpaired) electrons. The zero-order chi connectivity index (χ0) is 14.8. The standard InChI is InChI=1S/C13H11BrN2O3S/c14-12-10(7-4-8-11(12)20(15,18)19)13(17)16-9-5-2-1-3-6-9/h1-8H,(H,16,17)(H2,15,18,19). The van der Waals surface area contributed by atoms with Crippen LogP contribution in [0.25, 0.3) is 0 Å². The summed E-state index contributed by atoms with van der Waals surface area (Å²) in [6.45, 7) is 0. The molecule has 2 aromatic rings. The summed E-state index contributed by atoms with van der Waals surface area (Å²) in [4.78, 5) is 12.0. The maximum Gasteiger partial charge on any atom is 0.256 e. The van der Waals surface area contributed by atoms with Crippen LogP contribution in [0.1, 0.15) is 10.4 Å². The molecule has 0 unspecified atom stereocenters. The number of anilines is 1. The summed E-state index contributed by atoms with van der Waals surface area (Å²) in [7, 11) is -3.89. The molecular formula is C13H11BrN2O3S. The average Bonchev–Trinajstić information content (AvgIpc) is 2.38. The van der Waals surface area contributed by atoms with E-state index in [2.05, 4.69) is 21.2 Å². The maximum atomic E-state index is 12.1. The van der Waals surface area contributed by atoms with E-state index in [1.165, 1.54) is 18.2 Å². The summed E-state index contributed by atoms with van der Waals surface area (Å²) in [5, 5.41) is 7.76. The number of rotatable bonds is 3. The lowest BCUT2D eigenvalue weighted by Gasteiger charge is -2.09. The number of carbonyl (C=O) groups excluding carboxylic acids is 1. The fraction of sp³-hybridized carbons (Fsp3) is 0. The highest BCUT2D eigenvalue weighted by Gasteiger charge is 2.18.